The quantitative estimate of drug-likeness (QED) is 0.706. The fourth-order valence-corrected chi connectivity index (χ4v) is 4.12. The Hall–Kier alpha value is -3.19. The number of fused-ring (bicyclic) bond motifs is 1. The molecule has 3 aromatic rings. The minimum absolute atomic E-state index is 0.0945. The first-order valence-electron chi connectivity index (χ1n) is 10.9. The largest absolute Gasteiger partial charge is 0.367 e. The lowest BCUT2D eigenvalue weighted by molar-refractivity contribution is 0.0951. The van der Waals surface area contributed by atoms with Crippen LogP contribution in [-0.2, 0) is 0 Å². The van der Waals surface area contributed by atoms with Gasteiger partial charge >= 0.3 is 0 Å². The molecule has 31 heavy (non-hydrogen) atoms. The Morgan fingerprint density at radius 2 is 1.84 bits per heavy atom. The van der Waals surface area contributed by atoms with Crippen LogP contribution < -0.4 is 15.8 Å². The molecule has 0 spiro atoms. The number of nitrogens with one attached hydrogen (secondary N) is 1. The molecule has 1 aliphatic heterocycles. The van der Waals surface area contributed by atoms with Gasteiger partial charge in [0.1, 0.15) is 11.8 Å². The summed E-state index contributed by atoms with van der Waals surface area (Å²) in [5.41, 5.74) is 3.78. The molecule has 2 aliphatic rings. The second kappa shape index (κ2) is 7.81. The van der Waals surface area contributed by atoms with Gasteiger partial charge in [0.2, 0.25) is 0 Å². The van der Waals surface area contributed by atoms with E-state index in [2.05, 4.69) is 22.2 Å². The molecule has 0 atom stereocenters. The van der Waals surface area contributed by atoms with E-state index in [0.29, 0.717) is 16.6 Å². The molecule has 1 saturated carbocycles. The molecule has 1 aromatic heterocycles. The Morgan fingerprint density at radius 3 is 2.58 bits per heavy atom. The Balaban J connectivity index is 1.55. The summed E-state index contributed by atoms with van der Waals surface area (Å²) in [5, 5.41) is 3.60. The number of likely N-dealkylation sites (N-methyl/N-ethyl adjacent to an activating group) is 1. The first kappa shape index (κ1) is 19.8. The Labute approximate surface area is 181 Å². The molecule has 1 N–H and O–H groups in total. The number of rotatable bonds is 4. The second-order valence-corrected chi connectivity index (χ2v) is 8.63. The van der Waals surface area contributed by atoms with E-state index in [4.69, 9.17) is 4.98 Å². The fraction of sp³-hybridized carbons (Fsp3) is 0.375. The number of carbonyl (C=O) groups is 1. The van der Waals surface area contributed by atoms with Gasteiger partial charge in [-0.05, 0) is 56.6 Å². The van der Waals surface area contributed by atoms with Crippen LogP contribution in [0.25, 0.3) is 16.6 Å². The third kappa shape index (κ3) is 3.81. The smallest absolute Gasteiger partial charge is 0.265 e. The molecule has 2 aromatic carbocycles. The van der Waals surface area contributed by atoms with Crippen molar-refractivity contribution in [3.05, 3.63) is 64.2 Å². The van der Waals surface area contributed by atoms with Gasteiger partial charge in [-0.15, -0.1) is 0 Å². The average Bonchev–Trinajstić information content (AvgIpc) is 3.59. The van der Waals surface area contributed by atoms with Crippen LogP contribution in [0.5, 0.6) is 0 Å². The van der Waals surface area contributed by atoms with Gasteiger partial charge in [-0.3, -0.25) is 14.2 Å². The van der Waals surface area contributed by atoms with Crippen molar-refractivity contribution in [1.82, 2.24) is 19.8 Å². The van der Waals surface area contributed by atoms with Crippen LogP contribution in [0.3, 0.4) is 0 Å². The zero-order valence-electron chi connectivity index (χ0n) is 18.0. The van der Waals surface area contributed by atoms with Crippen LogP contribution in [-0.4, -0.2) is 59.6 Å². The zero-order valence-corrected chi connectivity index (χ0v) is 18.0. The number of benzene rings is 2. The standard InChI is InChI=1S/C24H27N5O2/c1-16-6-7-17(23(30)26-18-8-9-18)14-21(16)29-15-25-22-19(24(29)31)4-3-5-20(22)28-12-10-27(2)11-13-28/h3-7,14-15,18H,8-13H2,1-2H3,(H,26,30). The maximum atomic E-state index is 13.4. The van der Waals surface area contributed by atoms with E-state index in [0.717, 1.165) is 55.8 Å². The van der Waals surface area contributed by atoms with Crippen LogP contribution in [0, 0.1) is 6.92 Å². The Kier molecular flexibility index (Phi) is 4.98. The normalized spacial score (nSPS) is 17.2. The average molecular weight is 418 g/mol. The molecule has 0 bridgehead atoms. The van der Waals surface area contributed by atoms with Gasteiger partial charge in [0.25, 0.3) is 11.5 Å². The first-order chi connectivity index (χ1) is 15.0. The number of hydrogen-bond donors (Lipinski definition) is 1. The van der Waals surface area contributed by atoms with E-state index in [1.807, 2.05) is 37.3 Å². The highest BCUT2D eigenvalue weighted by Gasteiger charge is 2.24. The van der Waals surface area contributed by atoms with Gasteiger partial charge in [0.15, 0.2) is 0 Å². The molecule has 0 unspecified atom stereocenters. The van der Waals surface area contributed by atoms with Crippen LogP contribution in [0.4, 0.5) is 5.69 Å². The predicted octanol–water partition coefficient (Wildman–Crippen LogP) is 2.34. The van der Waals surface area contributed by atoms with Crippen LogP contribution in [0.1, 0.15) is 28.8 Å². The van der Waals surface area contributed by atoms with E-state index in [-0.39, 0.29) is 17.5 Å². The van der Waals surface area contributed by atoms with E-state index >= 15 is 0 Å². The number of amides is 1. The number of para-hydroxylation sites is 1. The van der Waals surface area contributed by atoms with Crippen molar-refractivity contribution in [2.45, 2.75) is 25.8 Å². The topological polar surface area (TPSA) is 70.5 Å². The number of aryl methyl sites for hydroxylation is 1. The molecule has 160 valence electrons. The minimum Gasteiger partial charge on any atom is -0.367 e. The summed E-state index contributed by atoms with van der Waals surface area (Å²) in [4.78, 5) is 35.2. The van der Waals surface area contributed by atoms with Crippen molar-refractivity contribution >= 4 is 22.5 Å². The third-order valence-corrected chi connectivity index (χ3v) is 6.25. The lowest BCUT2D eigenvalue weighted by atomic mass is 10.1. The minimum atomic E-state index is -0.121. The molecular formula is C24H27N5O2. The highest BCUT2D eigenvalue weighted by Crippen LogP contribution is 2.25. The number of hydrogen-bond acceptors (Lipinski definition) is 5. The summed E-state index contributed by atoms with van der Waals surface area (Å²) in [6.45, 7) is 5.75. The van der Waals surface area contributed by atoms with Gasteiger partial charge in [0.05, 0.1) is 16.8 Å². The fourth-order valence-electron chi connectivity index (χ4n) is 4.12. The van der Waals surface area contributed by atoms with Crippen molar-refractivity contribution in [1.29, 1.82) is 0 Å². The number of anilines is 1. The lowest BCUT2D eigenvalue weighted by Crippen LogP contribution is -2.44. The maximum Gasteiger partial charge on any atom is 0.265 e. The predicted molar refractivity (Wildman–Crippen MR) is 122 cm³/mol. The van der Waals surface area contributed by atoms with Crippen molar-refractivity contribution < 1.29 is 4.79 Å². The van der Waals surface area contributed by atoms with Crippen molar-refractivity contribution in [2.75, 3.05) is 38.1 Å². The number of carbonyl (C=O) groups excluding carboxylic acids is 1. The molecular weight excluding hydrogens is 390 g/mol. The van der Waals surface area contributed by atoms with Crippen molar-refractivity contribution in [2.24, 2.45) is 0 Å². The second-order valence-electron chi connectivity index (χ2n) is 8.63. The molecule has 1 amide bonds. The summed E-state index contributed by atoms with van der Waals surface area (Å²) in [7, 11) is 2.12. The molecule has 2 heterocycles. The van der Waals surface area contributed by atoms with Crippen molar-refractivity contribution in [3.8, 4) is 5.69 Å². The van der Waals surface area contributed by atoms with Crippen LogP contribution in [0.2, 0.25) is 0 Å². The van der Waals surface area contributed by atoms with Gasteiger partial charge in [-0.25, -0.2) is 4.98 Å². The van der Waals surface area contributed by atoms with Gasteiger partial charge in [-0.1, -0.05) is 12.1 Å². The van der Waals surface area contributed by atoms with E-state index in [9.17, 15) is 9.59 Å². The van der Waals surface area contributed by atoms with Crippen LogP contribution >= 0.6 is 0 Å². The Morgan fingerprint density at radius 1 is 1.06 bits per heavy atom. The monoisotopic (exact) mass is 417 g/mol. The van der Waals surface area contributed by atoms with Crippen molar-refractivity contribution in [3.63, 3.8) is 0 Å². The molecule has 5 rings (SSSR count). The summed E-state index contributed by atoms with van der Waals surface area (Å²) in [5.74, 6) is -0.0945. The number of piperazine rings is 1. The van der Waals surface area contributed by atoms with E-state index < -0.39 is 0 Å². The molecule has 7 heteroatoms. The zero-order chi connectivity index (χ0) is 21.5. The highest BCUT2D eigenvalue weighted by atomic mass is 16.1. The highest BCUT2D eigenvalue weighted by molar-refractivity contribution is 5.95. The number of aromatic nitrogens is 2. The molecule has 1 aliphatic carbocycles. The van der Waals surface area contributed by atoms with Crippen LogP contribution in [0.15, 0.2) is 47.5 Å². The van der Waals surface area contributed by atoms with Gasteiger partial charge in [0, 0.05) is 37.8 Å². The summed E-state index contributed by atoms with van der Waals surface area (Å²) < 4.78 is 1.55. The molecule has 7 nitrogen and oxygen atoms in total. The summed E-state index contributed by atoms with van der Waals surface area (Å²) in [6.07, 6.45) is 3.66. The van der Waals surface area contributed by atoms with E-state index in [1.54, 1.807) is 17.0 Å². The molecule has 1 saturated heterocycles. The third-order valence-electron chi connectivity index (χ3n) is 6.25. The lowest BCUT2D eigenvalue weighted by Gasteiger charge is -2.34. The SMILES string of the molecule is Cc1ccc(C(=O)NC2CC2)cc1-n1cnc2c(N3CCN(C)CC3)cccc2c1=O. The summed E-state index contributed by atoms with van der Waals surface area (Å²) >= 11 is 0. The first-order valence-corrected chi connectivity index (χ1v) is 10.9. The van der Waals surface area contributed by atoms with E-state index in [1.165, 1.54) is 0 Å². The Bertz CT molecular complexity index is 1210. The van der Waals surface area contributed by atoms with Gasteiger partial charge < -0.3 is 15.1 Å². The van der Waals surface area contributed by atoms with Gasteiger partial charge in [-0.2, -0.15) is 0 Å². The molecule has 2 fully saturated rings. The summed E-state index contributed by atoms with van der Waals surface area (Å²) in [6, 6.07) is 11.6. The number of nitrogens with zero attached hydrogens (tertiary/aromatic N) is 4. The molecule has 0 radical (unpaired) electrons. The maximum absolute atomic E-state index is 13.4.